The maximum absolute atomic E-state index is 11.9. The summed E-state index contributed by atoms with van der Waals surface area (Å²) in [5.74, 6) is 1.87. The minimum atomic E-state index is 0.0619. The largest absolute Gasteiger partial charge is 0.494 e. The molecule has 1 aliphatic heterocycles. The Morgan fingerprint density at radius 3 is 2.71 bits per heavy atom. The van der Waals surface area contributed by atoms with Crippen LogP contribution in [0, 0.1) is 0 Å². The molecule has 28 heavy (non-hydrogen) atoms. The molecule has 1 heterocycles. The van der Waals surface area contributed by atoms with Crippen molar-refractivity contribution in [2.75, 3.05) is 32.1 Å². The molecule has 0 aromatic heterocycles. The van der Waals surface area contributed by atoms with Crippen molar-refractivity contribution in [3.8, 4) is 5.75 Å². The molecule has 1 amide bonds. The fourth-order valence-corrected chi connectivity index (χ4v) is 3.27. The highest BCUT2D eigenvalue weighted by Crippen LogP contribution is 2.31. The van der Waals surface area contributed by atoms with Gasteiger partial charge in [0.05, 0.1) is 6.61 Å². The van der Waals surface area contributed by atoms with Gasteiger partial charge in [0, 0.05) is 38.2 Å². The maximum Gasteiger partial charge on any atom is 0.225 e. The van der Waals surface area contributed by atoms with Crippen molar-refractivity contribution in [2.45, 2.75) is 25.2 Å². The smallest absolute Gasteiger partial charge is 0.225 e. The van der Waals surface area contributed by atoms with Gasteiger partial charge in [0.25, 0.3) is 0 Å². The number of rotatable bonds is 8. The van der Waals surface area contributed by atoms with E-state index in [1.807, 2.05) is 48.5 Å². The standard InChI is InChI=1S/C22H28N4O2/c1-23-22(24-13-7-8-14-28-18-9-3-2-4-10-18)25-16-17-15-21(27)26-20-12-6-5-11-19(17)20/h2-6,9-12,17H,7-8,13-16H2,1H3,(H,26,27)(H2,23,24,25). The van der Waals surface area contributed by atoms with E-state index in [1.165, 1.54) is 5.56 Å². The first-order valence-electron chi connectivity index (χ1n) is 9.77. The third-order valence-corrected chi connectivity index (χ3v) is 4.72. The van der Waals surface area contributed by atoms with Crippen LogP contribution in [-0.2, 0) is 4.79 Å². The molecule has 0 bridgehead atoms. The quantitative estimate of drug-likeness (QED) is 0.374. The van der Waals surface area contributed by atoms with E-state index in [4.69, 9.17) is 4.74 Å². The Hall–Kier alpha value is -3.02. The Bertz CT molecular complexity index is 792. The summed E-state index contributed by atoms with van der Waals surface area (Å²) in [5.41, 5.74) is 2.08. The van der Waals surface area contributed by atoms with Gasteiger partial charge in [-0.25, -0.2) is 0 Å². The number of ether oxygens (including phenoxy) is 1. The molecule has 1 aliphatic rings. The molecule has 3 N–H and O–H groups in total. The predicted molar refractivity (Wildman–Crippen MR) is 113 cm³/mol. The Balaban J connectivity index is 1.36. The van der Waals surface area contributed by atoms with Crippen LogP contribution in [-0.4, -0.2) is 38.6 Å². The third-order valence-electron chi connectivity index (χ3n) is 4.72. The maximum atomic E-state index is 11.9. The Kier molecular flexibility index (Phi) is 7.29. The number of aliphatic imine (C=N–C) groups is 1. The average molecular weight is 380 g/mol. The molecule has 148 valence electrons. The van der Waals surface area contributed by atoms with Crippen molar-refractivity contribution in [2.24, 2.45) is 4.99 Å². The highest BCUT2D eigenvalue weighted by molar-refractivity contribution is 5.94. The minimum absolute atomic E-state index is 0.0619. The summed E-state index contributed by atoms with van der Waals surface area (Å²) in [6, 6.07) is 17.8. The second kappa shape index (κ2) is 10.3. The summed E-state index contributed by atoms with van der Waals surface area (Å²) in [5, 5.41) is 9.60. The number of para-hydroxylation sites is 2. The van der Waals surface area contributed by atoms with E-state index >= 15 is 0 Å². The van der Waals surface area contributed by atoms with Gasteiger partial charge < -0.3 is 20.7 Å². The third kappa shape index (κ3) is 5.74. The first kappa shape index (κ1) is 19.7. The van der Waals surface area contributed by atoms with Gasteiger partial charge in [0.2, 0.25) is 5.91 Å². The molecule has 0 saturated heterocycles. The molecule has 0 fully saturated rings. The molecule has 6 nitrogen and oxygen atoms in total. The van der Waals surface area contributed by atoms with Crippen molar-refractivity contribution >= 4 is 17.6 Å². The summed E-state index contributed by atoms with van der Waals surface area (Å²) >= 11 is 0. The molecule has 1 atom stereocenters. The predicted octanol–water partition coefficient (Wildman–Crippen LogP) is 3.14. The monoisotopic (exact) mass is 380 g/mol. The number of nitrogens with one attached hydrogen (secondary N) is 3. The number of anilines is 1. The zero-order valence-electron chi connectivity index (χ0n) is 16.3. The molecule has 0 aliphatic carbocycles. The lowest BCUT2D eigenvalue weighted by Gasteiger charge is -2.26. The van der Waals surface area contributed by atoms with E-state index in [0.29, 0.717) is 19.6 Å². The fraction of sp³-hybridized carbons (Fsp3) is 0.364. The van der Waals surface area contributed by atoms with Gasteiger partial charge in [-0.1, -0.05) is 36.4 Å². The number of carbonyl (C=O) groups excluding carboxylic acids is 1. The molecule has 2 aromatic carbocycles. The second-order valence-corrected chi connectivity index (χ2v) is 6.78. The zero-order valence-corrected chi connectivity index (χ0v) is 16.3. The fourth-order valence-electron chi connectivity index (χ4n) is 3.27. The van der Waals surface area contributed by atoms with Gasteiger partial charge >= 0.3 is 0 Å². The minimum Gasteiger partial charge on any atom is -0.494 e. The van der Waals surface area contributed by atoms with Crippen molar-refractivity contribution in [3.05, 3.63) is 60.2 Å². The second-order valence-electron chi connectivity index (χ2n) is 6.78. The van der Waals surface area contributed by atoms with Gasteiger partial charge in [0.15, 0.2) is 5.96 Å². The van der Waals surface area contributed by atoms with E-state index in [0.717, 1.165) is 36.8 Å². The molecule has 0 saturated carbocycles. The molecule has 3 rings (SSSR count). The lowest BCUT2D eigenvalue weighted by atomic mass is 9.90. The molecular weight excluding hydrogens is 352 g/mol. The van der Waals surface area contributed by atoms with Gasteiger partial charge in [-0.3, -0.25) is 9.79 Å². The van der Waals surface area contributed by atoms with Crippen LogP contribution in [0.3, 0.4) is 0 Å². The number of hydrogen-bond acceptors (Lipinski definition) is 3. The van der Waals surface area contributed by atoms with Crippen LogP contribution in [0.1, 0.15) is 30.7 Å². The lowest BCUT2D eigenvalue weighted by Crippen LogP contribution is -2.41. The summed E-state index contributed by atoms with van der Waals surface area (Å²) in [6.07, 6.45) is 2.44. The van der Waals surface area contributed by atoms with Crippen molar-refractivity contribution in [1.29, 1.82) is 0 Å². The van der Waals surface area contributed by atoms with Crippen LogP contribution in [0.4, 0.5) is 5.69 Å². The summed E-state index contributed by atoms with van der Waals surface area (Å²) in [6.45, 7) is 2.19. The van der Waals surface area contributed by atoms with Crippen LogP contribution in [0.5, 0.6) is 5.75 Å². The van der Waals surface area contributed by atoms with E-state index < -0.39 is 0 Å². The van der Waals surface area contributed by atoms with E-state index in [-0.39, 0.29) is 11.8 Å². The number of fused-ring (bicyclic) bond motifs is 1. The molecule has 1 unspecified atom stereocenters. The van der Waals surface area contributed by atoms with Gasteiger partial charge in [-0.15, -0.1) is 0 Å². The Morgan fingerprint density at radius 1 is 1.11 bits per heavy atom. The topological polar surface area (TPSA) is 74.8 Å². The molecule has 6 heteroatoms. The van der Waals surface area contributed by atoms with E-state index in [9.17, 15) is 4.79 Å². The molecule has 0 spiro atoms. The Labute approximate surface area is 166 Å². The highest BCUT2D eigenvalue weighted by atomic mass is 16.5. The average Bonchev–Trinajstić information content (AvgIpc) is 2.73. The van der Waals surface area contributed by atoms with E-state index in [1.54, 1.807) is 7.05 Å². The number of amides is 1. The van der Waals surface area contributed by atoms with Crippen LogP contribution >= 0.6 is 0 Å². The van der Waals surface area contributed by atoms with Crippen LogP contribution in [0.25, 0.3) is 0 Å². The summed E-state index contributed by atoms with van der Waals surface area (Å²) in [4.78, 5) is 16.2. The first-order valence-corrected chi connectivity index (χ1v) is 9.77. The number of guanidine groups is 1. The number of carbonyl (C=O) groups is 1. The van der Waals surface area contributed by atoms with Crippen LogP contribution in [0.15, 0.2) is 59.6 Å². The zero-order chi connectivity index (χ0) is 19.6. The Morgan fingerprint density at radius 2 is 1.89 bits per heavy atom. The van der Waals surface area contributed by atoms with Gasteiger partial charge in [-0.05, 0) is 36.6 Å². The van der Waals surface area contributed by atoms with Crippen LogP contribution < -0.4 is 20.7 Å². The highest BCUT2D eigenvalue weighted by Gasteiger charge is 2.24. The van der Waals surface area contributed by atoms with Crippen molar-refractivity contribution in [1.82, 2.24) is 10.6 Å². The van der Waals surface area contributed by atoms with Gasteiger partial charge in [0.1, 0.15) is 5.75 Å². The molecular formula is C22H28N4O2. The number of hydrogen-bond donors (Lipinski definition) is 3. The first-order chi connectivity index (χ1) is 13.8. The van der Waals surface area contributed by atoms with Gasteiger partial charge in [-0.2, -0.15) is 0 Å². The number of nitrogens with zero attached hydrogens (tertiary/aromatic N) is 1. The van der Waals surface area contributed by atoms with Crippen molar-refractivity contribution < 1.29 is 9.53 Å². The van der Waals surface area contributed by atoms with E-state index in [2.05, 4.69) is 27.0 Å². The van der Waals surface area contributed by atoms with Crippen LogP contribution in [0.2, 0.25) is 0 Å². The summed E-state index contributed by atoms with van der Waals surface area (Å²) in [7, 11) is 1.76. The lowest BCUT2D eigenvalue weighted by molar-refractivity contribution is -0.116. The molecule has 0 radical (unpaired) electrons. The molecule has 2 aromatic rings. The number of unbranched alkanes of at least 4 members (excludes halogenated alkanes) is 1. The number of benzene rings is 2. The SMILES string of the molecule is CN=C(NCCCCOc1ccccc1)NCC1CC(=O)Nc2ccccc21. The van der Waals surface area contributed by atoms with Crippen molar-refractivity contribution in [3.63, 3.8) is 0 Å². The summed E-state index contributed by atoms with van der Waals surface area (Å²) < 4.78 is 5.70. The normalized spacial score (nSPS) is 16.1.